The summed E-state index contributed by atoms with van der Waals surface area (Å²) in [7, 11) is 0. The topological polar surface area (TPSA) is 9.23 Å². The predicted molar refractivity (Wildman–Crippen MR) is 61.3 cm³/mol. The van der Waals surface area contributed by atoms with Gasteiger partial charge in [-0.15, -0.1) is 11.6 Å². The normalized spacial score (nSPS) is 11.5. The summed E-state index contributed by atoms with van der Waals surface area (Å²) in [5.41, 5.74) is 0.672. The lowest BCUT2D eigenvalue weighted by Gasteiger charge is -2.22. The SMILES string of the molecule is CCOc1ccc(C(C)(C)CCl)cc1F. The van der Waals surface area contributed by atoms with Gasteiger partial charge in [0.05, 0.1) is 6.61 Å². The Morgan fingerprint density at radius 1 is 1.40 bits per heavy atom. The van der Waals surface area contributed by atoms with Crippen molar-refractivity contribution in [3.63, 3.8) is 0 Å². The first-order valence-corrected chi connectivity index (χ1v) is 5.53. The first kappa shape index (κ1) is 12.3. The average Bonchev–Trinajstić information content (AvgIpc) is 2.21. The highest BCUT2D eigenvalue weighted by Gasteiger charge is 2.20. The molecule has 0 heterocycles. The summed E-state index contributed by atoms with van der Waals surface area (Å²) in [6.07, 6.45) is 0. The van der Waals surface area contributed by atoms with E-state index in [1.165, 1.54) is 6.07 Å². The van der Waals surface area contributed by atoms with Crippen molar-refractivity contribution < 1.29 is 9.13 Å². The molecule has 1 nitrogen and oxygen atoms in total. The standard InChI is InChI=1S/C12H16ClFO/c1-4-15-11-6-5-9(7-10(11)14)12(2,3)8-13/h5-7H,4,8H2,1-3H3. The fourth-order valence-corrected chi connectivity index (χ4v) is 1.43. The lowest BCUT2D eigenvalue weighted by Crippen LogP contribution is -2.19. The van der Waals surface area contributed by atoms with E-state index in [2.05, 4.69) is 0 Å². The average molecular weight is 231 g/mol. The van der Waals surface area contributed by atoms with Gasteiger partial charge in [-0.3, -0.25) is 0 Å². The molecule has 0 saturated carbocycles. The zero-order valence-corrected chi connectivity index (χ0v) is 10.1. The van der Waals surface area contributed by atoms with E-state index in [1.807, 2.05) is 26.8 Å². The molecule has 1 aromatic carbocycles. The van der Waals surface area contributed by atoms with Crippen LogP contribution in [0.15, 0.2) is 18.2 Å². The summed E-state index contributed by atoms with van der Waals surface area (Å²) in [5, 5.41) is 0. The van der Waals surface area contributed by atoms with Crippen LogP contribution in [0.1, 0.15) is 26.3 Å². The lowest BCUT2D eigenvalue weighted by atomic mass is 9.87. The van der Waals surface area contributed by atoms with Crippen LogP contribution in [-0.4, -0.2) is 12.5 Å². The molecule has 15 heavy (non-hydrogen) atoms. The molecule has 0 N–H and O–H groups in total. The summed E-state index contributed by atoms with van der Waals surface area (Å²) in [4.78, 5) is 0. The maximum absolute atomic E-state index is 13.5. The quantitative estimate of drug-likeness (QED) is 0.716. The third-order valence-electron chi connectivity index (χ3n) is 2.35. The fraction of sp³-hybridized carbons (Fsp3) is 0.500. The molecular weight excluding hydrogens is 215 g/mol. The molecule has 1 rings (SSSR count). The summed E-state index contributed by atoms with van der Waals surface area (Å²) in [6.45, 7) is 6.26. The second-order valence-corrected chi connectivity index (χ2v) is 4.36. The molecule has 0 amide bonds. The Labute approximate surface area is 95.2 Å². The zero-order valence-electron chi connectivity index (χ0n) is 9.31. The molecule has 0 unspecified atom stereocenters. The highest BCUT2D eigenvalue weighted by Crippen LogP contribution is 2.28. The predicted octanol–water partition coefficient (Wildman–Crippen LogP) is 3.74. The highest BCUT2D eigenvalue weighted by molar-refractivity contribution is 6.18. The van der Waals surface area contributed by atoms with Crippen LogP contribution in [0.3, 0.4) is 0 Å². The van der Waals surface area contributed by atoms with Gasteiger partial charge >= 0.3 is 0 Å². The minimum Gasteiger partial charge on any atom is -0.491 e. The Morgan fingerprint density at radius 2 is 2.07 bits per heavy atom. The molecule has 1 aromatic rings. The van der Waals surface area contributed by atoms with E-state index < -0.39 is 0 Å². The van der Waals surface area contributed by atoms with Gasteiger partial charge in [-0.05, 0) is 24.6 Å². The maximum Gasteiger partial charge on any atom is 0.165 e. The van der Waals surface area contributed by atoms with Gasteiger partial charge in [0.25, 0.3) is 0 Å². The molecule has 0 bridgehead atoms. The molecule has 3 heteroatoms. The Balaban J connectivity index is 3.01. The minimum atomic E-state index is -0.326. The van der Waals surface area contributed by atoms with Crippen LogP contribution in [-0.2, 0) is 5.41 Å². The first-order chi connectivity index (χ1) is 7.01. The number of halogens is 2. The molecule has 0 radical (unpaired) electrons. The Hall–Kier alpha value is -0.760. The van der Waals surface area contributed by atoms with E-state index in [0.717, 1.165) is 5.56 Å². The van der Waals surface area contributed by atoms with E-state index >= 15 is 0 Å². The van der Waals surface area contributed by atoms with Gasteiger partial charge in [0.1, 0.15) is 0 Å². The van der Waals surface area contributed by atoms with Gasteiger partial charge in [-0.2, -0.15) is 0 Å². The number of hydrogen-bond acceptors (Lipinski definition) is 1. The van der Waals surface area contributed by atoms with E-state index in [1.54, 1.807) is 6.07 Å². The highest BCUT2D eigenvalue weighted by atomic mass is 35.5. The third-order valence-corrected chi connectivity index (χ3v) is 3.02. The van der Waals surface area contributed by atoms with Crippen LogP contribution in [0.2, 0.25) is 0 Å². The van der Waals surface area contributed by atoms with Crippen LogP contribution in [0, 0.1) is 5.82 Å². The van der Waals surface area contributed by atoms with Crippen LogP contribution in [0.5, 0.6) is 5.75 Å². The van der Waals surface area contributed by atoms with Crippen molar-refractivity contribution in [3.8, 4) is 5.75 Å². The van der Waals surface area contributed by atoms with Crippen molar-refractivity contribution in [2.45, 2.75) is 26.2 Å². The lowest BCUT2D eigenvalue weighted by molar-refractivity contribution is 0.321. The van der Waals surface area contributed by atoms with Crippen LogP contribution in [0.25, 0.3) is 0 Å². The Kier molecular flexibility index (Phi) is 3.97. The second kappa shape index (κ2) is 4.84. The van der Waals surface area contributed by atoms with Crippen molar-refractivity contribution in [2.75, 3.05) is 12.5 Å². The van der Waals surface area contributed by atoms with Gasteiger partial charge in [0, 0.05) is 11.3 Å². The minimum absolute atomic E-state index is 0.215. The zero-order chi connectivity index (χ0) is 11.5. The molecule has 0 aliphatic heterocycles. The van der Waals surface area contributed by atoms with Gasteiger partial charge in [-0.1, -0.05) is 19.9 Å². The van der Waals surface area contributed by atoms with E-state index in [4.69, 9.17) is 16.3 Å². The molecule has 0 saturated heterocycles. The van der Waals surface area contributed by atoms with E-state index in [-0.39, 0.29) is 11.2 Å². The molecule has 0 spiro atoms. The molecule has 0 fully saturated rings. The summed E-state index contributed by atoms with van der Waals surface area (Å²) in [5.74, 6) is 0.430. The van der Waals surface area contributed by atoms with Crippen molar-refractivity contribution in [3.05, 3.63) is 29.6 Å². The van der Waals surface area contributed by atoms with Gasteiger partial charge in [0.2, 0.25) is 0 Å². The molecular formula is C12H16ClFO. The van der Waals surface area contributed by atoms with Gasteiger partial charge in [0.15, 0.2) is 11.6 Å². The molecule has 0 aromatic heterocycles. The first-order valence-electron chi connectivity index (χ1n) is 5.00. The van der Waals surface area contributed by atoms with Crippen LogP contribution >= 0.6 is 11.6 Å². The summed E-state index contributed by atoms with van der Waals surface area (Å²) in [6, 6.07) is 5.01. The van der Waals surface area contributed by atoms with Crippen molar-refractivity contribution in [1.82, 2.24) is 0 Å². The third kappa shape index (κ3) is 2.85. The van der Waals surface area contributed by atoms with Crippen molar-refractivity contribution in [1.29, 1.82) is 0 Å². The van der Waals surface area contributed by atoms with E-state index in [9.17, 15) is 4.39 Å². The largest absolute Gasteiger partial charge is 0.491 e. The van der Waals surface area contributed by atoms with Crippen molar-refractivity contribution >= 4 is 11.6 Å². The summed E-state index contributed by atoms with van der Waals surface area (Å²) < 4.78 is 18.7. The summed E-state index contributed by atoms with van der Waals surface area (Å²) >= 11 is 5.83. The number of rotatable bonds is 4. The molecule has 0 atom stereocenters. The second-order valence-electron chi connectivity index (χ2n) is 4.10. The molecule has 84 valence electrons. The fourth-order valence-electron chi connectivity index (χ4n) is 1.27. The monoisotopic (exact) mass is 230 g/mol. The Morgan fingerprint density at radius 3 is 2.53 bits per heavy atom. The molecule has 0 aliphatic carbocycles. The maximum atomic E-state index is 13.5. The van der Waals surface area contributed by atoms with Gasteiger partial charge < -0.3 is 4.74 Å². The van der Waals surface area contributed by atoms with Crippen molar-refractivity contribution in [2.24, 2.45) is 0 Å². The number of alkyl halides is 1. The van der Waals surface area contributed by atoms with E-state index in [0.29, 0.717) is 18.2 Å². The molecule has 0 aliphatic rings. The van der Waals surface area contributed by atoms with Crippen LogP contribution < -0.4 is 4.74 Å². The number of hydrogen-bond donors (Lipinski definition) is 0. The van der Waals surface area contributed by atoms with Gasteiger partial charge in [-0.25, -0.2) is 4.39 Å². The Bertz CT molecular complexity index is 336. The van der Waals surface area contributed by atoms with Crippen LogP contribution in [0.4, 0.5) is 4.39 Å². The number of benzene rings is 1. The number of ether oxygens (including phenoxy) is 1. The smallest absolute Gasteiger partial charge is 0.165 e.